The van der Waals surface area contributed by atoms with Gasteiger partial charge in [0.15, 0.2) is 0 Å². The molecule has 17 heavy (non-hydrogen) atoms. The quantitative estimate of drug-likeness (QED) is 0.843. The van der Waals surface area contributed by atoms with Crippen molar-refractivity contribution in [3.63, 3.8) is 0 Å². The molecule has 3 N–H and O–H groups in total. The molecule has 1 atom stereocenters. The second kappa shape index (κ2) is 5.01. The van der Waals surface area contributed by atoms with Crippen molar-refractivity contribution in [2.45, 2.75) is 12.5 Å². The highest BCUT2D eigenvalue weighted by atomic mass is 127. The van der Waals surface area contributed by atoms with Crippen molar-refractivity contribution in [3.8, 4) is 0 Å². The Labute approximate surface area is 113 Å². The largest absolute Gasteiger partial charge is 0.480 e. The minimum atomic E-state index is -0.964. The van der Waals surface area contributed by atoms with Gasteiger partial charge >= 0.3 is 5.97 Å². The van der Waals surface area contributed by atoms with Crippen LogP contribution in [0.2, 0.25) is 0 Å². The standard InChI is InChI=1S/C13H12INO2/c14-11-6-5-8-3-1-2-4-9(8)10(11)7-12(15)13(16)17/h1-6,12H,7,15H2,(H,16,17). The SMILES string of the molecule is NC(Cc1c(I)ccc2ccccc12)C(=O)O. The molecule has 88 valence electrons. The maximum absolute atomic E-state index is 10.8. The van der Waals surface area contributed by atoms with Crippen molar-refractivity contribution < 1.29 is 9.90 Å². The van der Waals surface area contributed by atoms with Gasteiger partial charge in [0.1, 0.15) is 6.04 Å². The van der Waals surface area contributed by atoms with Crippen molar-refractivity contribution in [2.24, 2.45) is 5.73 Å². The molecule has 2 aromatic carbocycles. The van der Waals surface area contributed by atoms with Crippen LogP contribution in [-0.2, 0) is 11.2 Å². The normalized spacial score (nSPS) is 12.6. The maximum Gasteiger partial charge on any atom is 0.320 e. The van der Waals surface area contributed by atoms with E-state index in [4.69, 9.17) is 10.8 Å². The monoisotopic (exact) mass is 341 g/mol. The van der Waals surface area contributed by atoms with E-state index in [1.807, 2.05) is 36.4 Å². The van der Waals surface area contributed by atoms with E-state index >= 15 is 0 Å². The first-order valence-corrected chi connectivity index (χ1v) is 6.32. The van der Waals surface area contributed by atoms with Gasteiger partial charge in [-0.25, -0.2) is 0 Å². The van der Waals surface area contributed by atoms with Crippen molar-refractivity contribution in [3.05, 3.63) is 45.5 Å². The van der Waals surface area contributed by atoms with E-state index in [0.29, 0.717) is 6.42 Å². The molecule has 0 spiro atoms. The van der Waals surface area contributed by atoms with Crippen molar-refractivity contribution in [2.75, 3.05) is 0 Å². The summed E-state index contributed by atoms with van der Waals surface area (Å²) in [7, 11) is 0. The molecule has 0 aliphatic rings. The molecule has 0 bridgehead atoms. The summed E-state index contributed by atoms with van der Waals surface area (Å²) < 4.78 is 1.05. The number of carbonyl (C=O) groups is 1. The third-order valence-corrected chi connectivity index (χ3v) is 3.74. The van der Waals surface area contributed by atoms with Crippen LogP contribution in [0.3, 0.4) is 0 Å². The van der Waals surface area contributed by atoms with Gasteiger partial charge in [0, 0.05) is 3.57 Å². The first-order chi connectivity index (χ1) is 8.09. The Morgan fingerprint density at radius 2 is 2.00 bits per heavy atom. The van der Waals surface area contributed by atoms with E-state index in [9.17, 15) is 4.79 Å². The van der Waals surface area contributed by atoms with Gasteiger partial charge in [-0.1, -0.05) is 30.3 Å². The number of carboxylic acid groups (broad SMARTS) is 1. The Bertz CT molecular complexity index is 568. The first-order valence-electron chi connectivity index (χ1n) is 5.24. The zero-order valence-electron chi connectivity index (χ0n) is 9.06. The lowest BCUT2D eigenvalue weighted by Gasteiger charge is -2.11. The average molecular weight is 341 g/mol. The molecule has 0 aliphatic heterocycles. The molecule has 3 nitrogen and oxygen atoms in total. The summed E-state index contributed by atoms with van der Waals surface area (Å²) in [5.74, 6) is -0.964. The number of benzene rings is 2. The number of carboxylic acids is 1. The topological polar surface area (TPSA) is 63.3 Å². The number of hydrogen-bond donors (Lipinski definition) is 2. The maximum atomic E-state index is 10.8. The van der Waals surface area contributed by atoms with Crippen LogP contribution in [-0.4, -0.2) is 17.1 Å². The first kappa shape index (κ1) is 12.3. The summed E-state index contributed by atoms with van der Waals surface area (Å²) in [5.41, 5.74) is 6.62. The fourth-order valence-corrected chi connectivity index (χ4v) is 2.51. The summed E-state index contributed by atoms with van der Waals surface area (Å²) in [6.45, 7) is 0. The van der Waals surface area contributed by atoms with Crippen LogP contribution < -0.4 is 5.73 Å². The van der Waals surface area contributed by atoms with Gasteiger partial charge in [-0.05, 0) is 51.4 Å². The number of aliphatic carboxylic acids is 1. The number of fused-ring (bicyclic) bond motifs is 1. The summed E-state index contributed by atoms with van der Waals surface area (Å²) in [4.78, 5) is 10.8. The highest BCUT2D eigenvalue weighted by Gasteiger charge is 2.15. The van der Waals surface area contributed by atoms with E-state index in [1.54, 1.807) is 0 Å². The van der Waals surface area contributed by atoms with Gasteiger partial charge in [0.2, 0.25) is 0 Å². The molecule has 2 rings (SSSR count). The van der Waals surface area contributed by atoms with Crippen LogP contribution >= 0.6 is 22.6 Å². The van der Waals surface area contributed by atoms with Gasteiger partial charge in [-0.2, -0.15) is 0 Å². The molecule has 1 unspecified atom stereocenters. The van der Waals surface area contributed by atoms with E-state index in [2.05, 4.69) is 22.6 Å². The highest BCUT2D eigenvalue weighted by molar-refractivity contribution is 14.1. The minimum Gasteiger partial charge on any atom is -0.480 e. The van der Waals surface area contributed by atoms with E-state index in [0.717, 1.165) is 19.9 Å². The lowest BCUT2D eigenvalue weighted by atomic mass is 9.99. The van der Waals surface area contributed by atoms with E-state index < -0.39 is 12.0 Å². The summed E-state index contributed by atoms with van der Waals surface area (Å²) >= 11 is 2.22. The fraction of sp³-hybridized carbons (Fsp3) is 0.154. The highest BCUT2D eigenvalue weighted by Crippen LogP contribution is 2.24. The number of nitrogens with two attached hydrogens (primary N) is 1. The lowest BCUT2D eigenvalue weighted by molar-refractivity contribution is -0.138. The molecule has 0 aliphatic carbocycles. The van der Waals surface area contributed by atoms with Crippen LogP contribution in [0.5, 0.6) is 0 Å². The van der Waals surface area contributed by atoms with Crippen LogP contribution in [0.25, 0.3) is 10.8 Å². The van der Waals surface area contributed by atoms with Gasteiger partial charge in [0.05, 0.1) is 0 Å². The van der Waals surface area contributed by atoms with E-state index in [-0.39, 0.29) is 0 Å². The Balaban J connectivity index is 2.51. The Hall–Kier alpha value is -1.14. The predicted molar refractivity (Wildman–Crippen MR) is 76.0 cm³/mol. The third-order valence-electron chi connectivity index (χ3n) is 2.72. The Morgan fingerprint density at radius 1 is 1.29 bits per heavy atom. The fourth-order valence-electron chi connectivity index (χ4n) is 1.82. The van der Waals surface area contributed by atoms with Crippen LogP contribution in [0, 0.1) is 3.57 Å². The summed E-state index contributed by atoms with van der Waals surface area (Å²) in [6.07, 6.45) is 0.356. The van der Waals surface area contributed by atoms with Crippen LogP contribution in [0.1, 0.15) is 5.56 Å². The predicted octanol–water partition coefficient (Wildman–Crippen LogP) is 2.40. The van der Waals surface area contributed by atoms with Gasteiger partial charge in [0.25, 0.3) is 0 Å². The smallest absolute Gasteiger partial charge is 0.320 e. The molecule has 4 heteroatoms. The molecular weight excluding hydrogens is 329 g/mol. The van der Waals surface area contributed by atoms with Gasteiger partial charge < -0.3 is 10.8 Å². The molecule has 0 saturated heterocycles. The summed E-state index contributed by atoms with van der Waals surface area (Å²) in [5, 5.41) is 11.1. The molecule has 0 amide bonds. The van der Waals surface area contributed by atoms with E-state index in [1.165, 1.54) is 0 Å². The lowest BCUT2D eigenvalue weighted by Crippen LogP contribution is -2.32. The molecular formula is C13H12INO2. The molecule has 0 aromatic heterocycles. The summed E-state index contributed by atoms with van der Waals surface area (Å²) in [6, 6.07) is 11.1. The third kappa shape index (κ3) is 2.58. The second-order valence-corrected chi connectivity index (χ2v) is 5.06. The number of rotatable bonds is 3. The van der Waals surface area contributed by atoms with Crippen LogP contribution in [0.4, 0.5) is 0 Å². The minimum absolute atomic E-state index is 0.356. The zero-order chi connectivity index (χ0) is 12.4. The van der Waals surface area contributed by atoms with Gasteiger partial charge in [-0.15, -0.1) is 0 Å². The molecule has 0 heterocycles. The average Bonchev–Trinajstić information content (AvgIpc) is 2.32. The zero-order valence-corrected chi connectivity index (χ0v) is 11.2. The Morgan fingerprint density at radius 3 is 2.71 bits per heavy atom. The van der Waals surface area contributed by atoms with Crippen molar-refractivity contribution in [1.82, 2.24) is 0 Å². The van der Waals surface area contributed by atoms with Crippen molar-refractivity contribution >= 4 is 39.3 Å². The van der Waals surface area contributed by atoms with Crippen molar-refractivity contribution in [1.29, 1.82) is 0 Å². The second-order valence-electron chi connectivity index (χ2n) is 3.90. The molecule has 0 fully saturated rings. The Kier molecular flexibility index (Phi) is 3.63. The number of halogens is 1. The molecule has 2 aromatic rings. The van der Waals surface area contributed by atoms with Gasteiger partial charge in [-0.3, -0.25) is 4.79 Å². The van der Waals surface area contributed by atoms with Crippen LogP contribution in [0.15, 0.2) is 36.4 Å². The molecule has 0 radical (unpaired) electrons. The molecule has 0 saturated carbocycles. The number of hydrogen-bond acceptors (Lipinski definition) is 2.